The molecule has 4 saturated carbocycles. The molecular weight excluding hydrogens is 881 g/mol. The van der Waals surface area contributed by atoms with Gasteiger partial charge in [-0.2, -0.15) is 0 Å². The lowest BCUT2D eigenvalue weighted by atomic mass is 9.33. The molecule has 7 fully saturated rings. The van der Waals surface area contributed by atoms with E-state index in [9.17, 15) is 61.3 Å². The second-order valence-electron chi connectivity index (χ2n) is 22.9. The van der Waals surface area contributed by atoms with Crippen LogP contribution in [0.5, 0.6) is 0 Å². The Bertz CT molecular complexity index is 1820. The number of aliphatic hydroxyl groups excluding tert-OH is 12. The number of carbonyl (C=O) groups excluding carboxylic acids is 1. The fraction of sp³-hybridized carbons (Fsp3) is 0.938. The third-order valence-electron chi connectivity index (χ3n) is 19.7. The minimum Gasteiger partial charge on any atom is -0.432 e. The molecule has 27 atom stereocenters. The first kappa shape index (κ1) is 51.9. The summed E-state index contributed by atoms with van der Waals surface area (Å²) in [4.78, 5) is 15.0. The van der Waals surface area contributed by atoms with Crippen LogP contribution in [0.4, 0.5) is 0 Å². The molecule has 19 heteroatoms. The quantitative estimate of drug-likeness (QED) is 0.0971. The molecule has 8 rings (SSSR count). The Kier molecular flexibility index (Phi) is 14.4. The summed E-state index contributed by atoms with van der Waals surface area (Å²) in [6.07, 6.45) is -18.9. The number of rotatable bonds is 9. The van der Waals surface area contributed by atoms with Crippen LogP contribution in [-0.4, -0.2) is 191 Å². The van der Waals surface area contributed by atoms with Crippen molar-refractivity contribution in [1.82, 2.24) is 0 Å². The minimum absolute atomic E-state index is 0.0112. The molecule has 3 saturated heterocycles. The molecule has 3 aliphatic heterocycles. The van der Waals surface area contributed by atoms with Gasteiger partial charge in [-0.25, -0.2) is 0 Å². The van der Waals surface area contributed by atoms with Gasteiger partial charge in [0.25, 0.3) is 0 Å². The lowest BCUT2D eigenvalue weighted by Gasteiger charge is -2.71. The van der Waals surface area contributed by atoms with E-state index in [1.165, 1.54) is 12.5 Å². The summed E-state index contributed by atoms with van der Waals surface area (Å²) in [5, 5.41) is 130. The molecule has 0 aromatic carbocycles. The largest absolute Gasteiger partial charge is 0.432 e. The summed E-state index contributed by atoms with van der Waals surface area (Å²) in [6, 6.07) is 0. The molecule has 5 aliphatic carbocycles. The van der Waals surface area contributed by atoms with Crippen molar-refractivity contribution < 1.29 is 94.5 Å². The Morgan fingerprint density at radius 3 is 2.01 bits per heavy atom. The van der Waals surface area contributed by atoms with E-state index in [4.69, 9.17) is 28.4 Å². The molecule has 12 N–H and O–H groups in total. The highest BCUT2D eigenvalue weighted by molar-refractivity contribution is 5.79. The van der Waals surface area contributed by atoms with Crippen molar-refractivity contribution in [3.8, 4) is 0 Å². The molecule has 0 aromatic rings. The van der Waals surface area contributed by atoms with Crippen LogP contribution in [0.3, 0.4) is 0 Å². The first-order valence-electron chi connectivity index (χ1n) is 24.5. The van der Waals surface area contributed by atoms with Crippen molar-refractivity contribution in [3.63, 3.8) is 0 Å². The molecule has 0 aromatic heterocycles. The zero-order valence-electron chi connectivity index (χ0n) is 39.8. The van der Waals surface area contributed by atoms with E-state index in [0.717, 1.165) is 19.3 Å². The van der Waals surface area contributed by atoms with E-state index in [2.05, 4.69) is 40.7 Å². The molecule has 67 heavy (non-hydrogen) atoms. The zero-order chi connectivity index (χ0) is 49.1. The molecule has 0 radical (unpaired) electrons. The first-order valence-corrected chi connectivity index (χ1v) is 24.5. The van der Waals surface area contributed by atoms with E-state index in [0.29, 0.717) is 32.1 Å². The topological polar surface area (TPSA) is 315 Å². The van der Waals surface area contributed by atoms with Crippen LogP contribution in [0.2, 0.25) is 0 Å². The van der Waals surface area contributed by atoms with Crippen LogP contribution in [0, 0.1) is 56.7 Å². The van der Waals surface area contributed by atoms with Gasteiger partial charge < -0.3 is 89.7 Å². The predicted molar refractivity (Wildman–Crippen MR) is 231 cm³/mol. The Balaban J connectivity index is 0.985. The smallest absolute Gasteiger partial charge is 0.315 e. The fourth-order valence-electron chi connectivity index (χ4n) is 15.2. The molecule has 3 heterocycles. The zero-order valence-corrected chi connectivity index (χ0v) is 39.8. The average Bonchev–Trinajstić information content (AvgIpc) is 3.29. The van der Waals surface area contributed by atoms with E-state index in [1.807, 2.05) is 6.92 Å². The molecule has 384 valence electrons. The highest BCUT2D eigenvalue weighted by Crippen LogP contribution is 2.76. The van der Waals surface area contributed by atoms with Crippen LogP contribution in [-0.2, 0) is 33.2 Å². The van der Waals surface area contributed by atoms with Gasteiger partial charge in [0.05, 0.1) is 43.5 Å². The number of esters is 1. The second kappa shape index (κ2) is 18.5. The minimum atomic E-state index is -1.86. The van der Waals surface area contributed by atoms with E-state index >= 15 is 4.79 Å². The lowest BCUT2D eigenvalue weighted by molar-refractivity contribution is -0.361. The molecule has 0 spiro atoms. The van der Waals surface area contributed by atoms with Gasteiger partial charge in [-0.1, -0.05) is 53.2 Å². The Labute approximate surface area is 392 Å². The van der Waals surface area contributed by atoms with Gasteiger partial charge in [0.15, 0.2) is 12.6 Å². The Morgan fingerprint density at radius 1 is 0.701 bits per heavy atom. The number of aliphatic hydroxyl groups is 12. The lowest BCUT2D eigenvalue weighted by Crippen LogP contribution is -2.68. The summed E-state index contributed by atoms with van der Waals surface area (Å²) < 4.78 is 34.7. The molecule has 0 unspecified atom stereocenters. The van der Waals surface area contributed by atoms with Gasteiger partial charge in [-0.05, 0) is 104 Å². The normalized spacial score (nSPS) is 56.7. The van der Waals surface area contributed by atoms with Gasteiger partial charge in [0.1, 0.15) is 67.1 Å². The number of hydrogen-bond acceptors (Lipinski definition) is 19. The van der Waals surface area contributed by atoms with Crippen LogP contribution >= 0.6 is 0 Å². The maximum Gasteiger partial charge on any atom is 0.315 e. The van der Waals surface area contributed by atoms with E-state index in [-0.39, 0.29) is 52.4 Å². The van der Waals surface area contributed by atoms with Gasteiger partial charge in [-0.3, -0.25) is 4.79 Å². The van der Waals surface area contributed by atoms with Crippen molar-refractivity contribution in [1.29, 1.82) is 0 Å². The maximum absolute atomic E-state index is 15.0. The second-order valence-corrected chi connectivity index (χ2v) is 22.9. The van der Waals surface area contributed by atoms with Crippen LogP contribution in [0.15, 0.2) is 11.6 Å². The fourth-order valence-corrected chi connectivity index (χ4v) is 15.2. The summed E-state index contributed by atoms with van der Waals surface area (Å²) in [5.74, 6) is -0.386. The molecule has 19 nitrogen and oxygen atoms in total. The monoisotopic (exact) mass is 959 g/mol. The van der Waals surface area contributed by atoms with Crippen LogP contribution in [0.1, 0.15) is 99.8 Å². The van der Waals surface area contributed by atoms with Gasteiger partial charge in [-0.15, -0.1) is 0 Å². The number of allylic oxidation sites excluding steroid dienone is 2. The summed E-state index contributed by atoms with van der Waals surface area (Å²) in [5.41, 5.74) is -1.64. The van der Waals surface area contributed by atoms with Crippen molar-refractivity contribution >= 4 is 5.97 Å². The van der Waals surface area contributed by atoms with Crippen molar-refractivity contribution in [2.24, 2.45) is 56.7 Å². The number of ether oxygens (including phenoxy) is 6. The number of fused-ring (bicyclic) bond motifs is 7. The first-order chi connectivity index (χ1) is 31.4. The SMILES string of the molecule is C[C@H]1[C@H](C)CC[C@]2(C(=O)O[C@@H]3O[C@H](CO[C@@H]4O[C@H](CO)[C@@H](O[C@@H]5O[C@@H](C)[C@H](O)[C@@H](O)[C@H]5O)[C@@H](O)[C@H]4O)[C@@H](O)[C@H](O)[C@H]3O)CC[C@]3(C)C(=CC[C@@H]4[C@]5(C)C[C@@H](O)[C@H](O)[C@@](C)(CO)[C@@H]5CC[C@]43C)[C@H]12. The van der Waals surface area contributed by atoms with Crippen molar-refractivity contribution in [2.45, 2.75) is 204 Å². The van der Waals surface area contributed by atoms with E-state index in [1.54, 1.807) is 0 Å². The Morgan fingerprint density at radius 2 is 1.34 bits per heavy atom. The summed E-state index contributed by atoms with van der Waals surface area (Å²) in [7, 11) is 0. The Hall–Kier alpha value is -1.47. The van der Waals surface area contributed by atoms with Gasteiger partial charge in [0.2, 0.25) is 6.29 Å². The van der Waals surface area contributed by atoms with Crippen LogP contribution < -0.4 is 0 Å². The summed E-state index contributed by atoms with van der Waals surface area (Å²) in [6.45, 7) is 13.0. The van der Waals surface area contributed by atoms with Crippen LogP contribution in [0.25, 0.3) is 0 Å². The van der Waals surface area contributed by atoms with Gasteiger partial charge >= 0.3 is 5.97 Å². The van der Waals surface area contributed by atoms with Gasteiger partial charge in [0, 0.05) is 5.41 Å². The third kappa shape index (κ3) is 7.92. The number of carbonyl (C=O) groups is 1. The van der Waals surface area contributed by atoms with E-state index < -0.39 is 134 Å². The molecule has 0 bridgehead atoms. The van der Waals surface area contributed by atoms with Crippen molar-refractivity contribution in [2.75, 3.05) is 19.8 Å². The third-order valence-corrected chi connectivity index (χ3v) is 19.7. The highest BCUT2D eigenvalue weighted by atomic mass is 16.8. The maximum atomic E-state index is 15.0. The average molecular weight is 959 g/mol. The molecule has 0 amide bonds. The molecule has 8 aliphatic rings. The standard InChI is InChI=1S/C48H78O19/c1-20-10-13-48(15-14-46(6)23(29(48)21(20)2)8-9-28-44(4)16-24(51)39(60)45(5,19-50)27(44)11-12-47(28,46)7)43(61)67-42-36(58)33(55)31(53)26(65-42)18-62-40-37(59)34(56)38(25(17-49)64-40)66-41-35(57)32(54)30(52)22(3)63-41/h8,20-22,24-42,49-60H,9-19H2,1-7H3/t20-,21+,22+,24-,25-,26-,27-,28-,29+,30+,31-,32-,33+,34+,35-,36-,37-,38-,39+,40-,41+,42+,44-,45+,46-,47-,48+/m1/s1. The molecular formula is C48H78O19. The van der Waals surface area contributed by atoms with Crippen molar-refractivity contribution in [3.05, 3.63) is 11.6 Å². The number of hydrogen-bond donors (Lipinski definition) is 12. The highest BCUT2D eigenvalue weighted by Gasteiger charge is 2.71. The summed E-state index contributed by atoms with van der Waals surface area (Å²) >= 11 is 0. The predicted octanol–water partition coefficient (Wildman–Crippen LogP) is -1.03.